The summed E-state index contributed by atoms with van der Waals surface area (Å²) in [6.07, 6.45) is 0. The first-order chi connectivity index (χ1) is 8.06. The van der Waals surface area contributed by atoms with Gasteiger partial charge in [0.05, 0.1) is 12.1 Å². The molecular weight excluding hydrogens is 240 g/mol. The van der Waals surface area contributed by atoms with Gasteiger partial charge in [-0.05, 0) is 24.6 Å². The lowest BCUT2D eigenvalue weighted by molar-refractivity contribution is 0.0696. The first-order valence-electron chi connectivity index (χ1n) is 4.93. The van der Waals surface area contributed by atoms with Crippen molar-refractivity contribution in [3.8, 4) is 0 Å². The Kier molecular flexibility index (Phi) is 3.06. The third kappa shape index (κ3) is 2.59. The largest absolute Gasteiger partial charge is 0.478 e. The molecule has 17 heavy (non-hydrogen) atoms. The quantitative estimate of drug-likeness (QED) is 0.892. The average Bonchev–Trinajstić information content (AvgIpc) is 2.58. The summed E-state index contributed by atoms with van der Waals surface area (Å²) < 4.78 is 1.33. The van der Waals surface area contributed by atoms with E-state index in [1.807, 2.05) is 0 Å². The van der Waals surface area contributed by atoms with Gasteiger partial charge in [-0.2, -0.15) is 5.10 Å². The lowest BCUT2D eigenvalue weighted by Crippen LogP contribution is -2.15. The molecule has 6 heteroatoms. The minimum Gasteiger partial charge on any atom is -0.478 e. The lowest BCUT2D eigenvalue weighted by atomic mass is 10.1. The van der Waals surface area contributed by atoms with Gasteiger partial charge in [0.15, 0.2) is 0 Å². The first-order valence-corrected chi connectivity index (χ1v) is 5.74. The number of rotatable bonds is 3. The zero-order chi connectivity index (χ0) is 12.4. The predicted octanol–water partition coefficient (Wildman–Crippen LogP) is 1.36. The molecular formula is C11H10N2O3S. The minimum absolute atomic E-state index is 0.136. The Labute approximate surface area is 101 Å². The van der Waals surface area contributed by atoms with E-state index >= 15 is 0 Å². The maximum Gasteiger partial charge on any atom is 0.335 e. The topological polar surface area (TPSA) is 72.2 Å². The normalized spacial score (nSPS) is 10.4. The van der Waals surface area contributed by atoms with E-state index in [1.165, 1.54) is 10.7 Å². The molecule has 0 aliphatic rings. The van der Waals surface area contributed by atoms with Crippen LogP contribution in [0, 0.1) is 6.92 Å². The zero-order valence-electron chi connectivity index (χ0n) is 9.08. The van der Waals surface area contributed by atoms with Crippen LogP contribution in [0.3, 0.4) is 0 Å². The smallest absolute Gasteiger partial charge is 0.335 e. The van der Waals surface area contributed by atoms with Gasteiger partial charge in [0.2, 0.25) is 0 Å². The highest BCUT2D eigenvalue weighted by molar-refractivity contribution is 7.08. The molecule has 1 aromatic heterocycles. The number of carboxylic acid groups (broad SMARTS) is 1. The zero-order valence-corrected chi connectivity index (χ0v) is 9.90. The molecule has 0 amide bonds. The van der Waals surface area contributed by atoms with E-state index in [2.05, 4.69) is 5.10 Å². The Hall–Kier alpha value is -1.95. The van der Waals surface area contributed by atoms with Gasteiger partial charge in [-0.15, -0.1) is 0 Å². The molecule has 0 atom stereocenters. The lowest BCUT2D eigenvalue weighted by Gasteiger charge is -2.01. The fourth-order valence-electron chi connectivity index (χ4n) is 1.49. The Bertz CT molecular complexity index is 615. The maximum atomic E-state index is 11.5. The standard InChI is InChI=1S/C11H10N2O3S/c1-7-12-13(11(16)17-7)6-8-3-2-4-9(5-8)10(14)15/h2-5H,6H2,1H3,(H,14,15). The molecule has 0 aliphatic heterocycles. The average molecular weight is 250 g/mol. The second kappa shape index (κ2) is 4.50. The number of hydrogen-bond acceptors (Lipinski definition) is 4. The molecule has 5 nitrogen and oxygen atoms in total. The highest BCUT2D eigenvalue weighted by Gasteiger charge is 2.06. The van der Waals surface area contributed by atoms with Crippen molar-refractivity contribution in [3.05, 3.63) is 50.1 Å². The fraction of sp³-hybridized carbons (Fsp3) is 0.182. The molecule has 2 rings (SSSR count). The van der Waals surface area contributed by atoms with Crippen molar-refractivity contribution in [2.45, 2.75) is 13.5 Å². The molecule has 0 radical (unpaired) electrons. The second-order valence-electron chi connectivity index (χ2n) is 3.55. The van der Waals surface area contributed by atoms with E-state index in [-0.39, 0.29) is 10.4 Å². The molecule has 0 saturated carbocycles. The Morgan fingerprint density at radius 1 is 1.53 bits per heavy atom. The molecule has 0 saturated heterocycles. The van der Waals surface area contributed by atoms with Crippen LogP contribution in [-0.4, -0.2) is 20.9 Å². The van der Waals surface area contributed by atoms with Crippen molar-refractivity contribution in [2.75, 3.05) is 0 Å². The van der Waals surface area contributed by atoms with Crippen molar-refractivity contribution in [2.24, 2.45) is 0 Å². The third-order valence-electron chi connectivity index (χ3n) is 2.21. The van der Waals surface area contributed by atoms with Crippen LogP contribution in [0.25, 0.3) is 0 Å². The summed E-state index contributed by atoms with van der Waals surface area (Å²) in [5.74, 6) is -0.978. The van der Waals surface area contributed by atoms with Gasteiger partial charge in [-0.25, -0.2) is 9.48 Å². The Morgan fingerprint density at radius 2 is 2.29 bits per heavy atom. The van der Waals surface area contributed by atoms with Crippen molar-refractivity contribution in [1.29, 1.82) is 0 Å². The van der Waals surface area contributed by atoms with Gasteiger partial charge < -0.3 is 5.11 Å². The van der Waals surface area contributed by atoms with Crippen LogP contribution in [0.4, 0.5) is 0 Å². The van der Waals surface area contributed by atoms with Crippen LogP contribution in [0.15, 0.2) is 29.1 Å². The van der Waals surface area contributed by atoms with E-state index in [0.717, 1.165) is 16.9 Å². The summed E-state index contributed by atoms with van der Waals surface area (Å²) in [6, 6.07) is 6.49. The molecule has 0 aliphatic carbocycles. The van der Waals surface area contributed by atoms with Gasteiger partial charge in [-0.1, -0.05) is 23.5 Å². The number of aryl methyl sites for hydroxylation is 1. The summed E-state index contributed by atoms with van der Waals surface area (Å²) in [7, 11) is 0. The van der Waals surface area contributed by atoms with Crippen molar-refractivity contribution in [1.82, 2.24) is 9.78 Å². The number of aromatic carboxylic acids is 1. The summed E-state index contributed by atoms with van der Waals surface area (Å²) >= 11 is 1.08. The first kappa shape index (κ1) is 11.5. The van der Waals surface area contributed by atoms with E-state index in [1.54, 1.807) is 25.1 Å². The Morgan fingerprint density at radius 3 is 2.88 bits per heavy atom. The van der Waals surface area contributed by atoms with Crippen LogP contribution in [0.1, 0.15) is 20.9 Å². The predicted molar refractivity (Wildman–Crippen MR) is 63.6 cm³/mol. The number of benzene rings is 1. The number of aromatic nitrogens is 2. The van der Waals surface area contributed by atoms with Gasteiger partial charge in [-0.3, -0.25) is 4.79 Å². The summed E-state index contributed by atoms with van der Waals surface area (Å²) in [5.41, 5.74) is 0.958. The van der Waals surface area contributed by atoms with Crippen LogP contribution in [0.5, 0.6) is 0 Å². The second-order valence-corrected chi connectivity index (χ2v) is 4.69. The highest BCUT2D eigenvalue weighted by atomic mass is 32.1. The number of hydrogen-bond donors (Lipinski definition) is 1. The molecule has 0 unspecified atom stereocenters. The van der Waals surface area contributed by atoms with Crippen LogP contribution in [0.2, 0.25) is 0 Å². The van der Waals surface area contributed by atoms with E-state index < -0.39 is 5.97 Å². The summed E-state index contributed by atoms with van der Waals surface area (Å²) in [6.45, 7) is 2.06. The van der Waals surface area contributed by atoms with E-state index in [9.17, 15) is 9.59 Å². The molecule has 1 N–H and O–H groups in total. The maximum absolute atomic E-state index is 11.5. The molecule has 0 bridgehead atoms. The summed E-state index contributed by atoms with van der Waals surface area (Å²) in [4.78, 5) is 22.1. The van der Waals surface area contributed by atoms with Gasteiger partial charge in [0.1, 0.15) is 5.01 Å². The third-order valence-corrected chi connectivity index (χ3v) is 2.98. The molecule has 1 heterocycles. The van der Waals surface area contributed by atoms with Gasteiger partial charge in [0, 0.05) is 0 Å². The highest BCUT2D eigenvalue weighted by Crippen LogP contribution is 2.07. The van der Waals surface area contributed by atoms with E-state index in [4.69, 9.17) is 5.11 Å². The monoisotopic (exact) mass is 250 g/mol. The van der Waals surface area contributed by atoms with Gasteiger partial charge >= 0.3 is 10.8 Å². The molecule has 2 aromatic rings. The number of carbonyl (C=O) groups is 1. The SMILES string of the molecule is Cc1nn(Cc2cccc(C(=O)O)c2)c(=O)s1. The molecule has 0 spiro atoms. The van der Waals surface area contributed by atoms with Crippen LogP contribution >= 0.6 is 11.3 Å². The fourth-order valence-corrected chi connectivity index (χ4v) is 2.09. The van der Waals surface area contributed by atoms with Gasteiger partial charge in [0.25, 0.3) is 0 Å². The minimum atomic E-state index is -0.978. The number of nitrogens with zero attached hydrogens (tertiary/aromatic N) is 2. The van der Waals surface area contributed by atoms with Crippen molar-refractivity contribution in [3.63, 3.8) is 0 Å². The molecule has 88 valence electrons. The summed E-state index contributed by atoms with van der Waals surface area (Å²) in [5, 5.41) is 13.6. The van der Waals surface area contributed by atoms with E-state index in [0.29, 0.717) is 11.6 Å². The van der Waals surface area contributed by atoms with Crippen molar-refractivity contribution >= 4 is 17.3 Å². The molecule has 1 aromatic carbocycles. The van der Waals surface area contributed by atoms with Crippen LogP contribution < -0.4 is 4.87 Å². The van der Waals surface area contributed by atoms with Crippen molar-refractivity contribution < 1.29 is 9.90 Å². The Balaban J connectivity index is 2.30. The molecule has 0 fully saturated rings. The number of carboxylic acids is 1. The van der Waals surface area contributed by atoms with Crippen LogP contribution in [-0.2, 0) is 6.54 Å².